The number of hydrogen-bond donors (Lipinski definition) is 0. The Morgan fingerprint density at radius 1 is 1.03 bits per heavy atom. The van der Waals surface area contributed by atoms with Crippen LogP contribution >= 0.6 is 11.6 Å². The second-order valence-corrected chi connectivity index (χ2v) is 8.86. The van der Waals surface area contributed by atoms with Crippen LogP contribution in [0.1, 0.15) is 32.2 Å². The molecule has 3 aromatic rings. The molecule has 0 spiro atoms. The SMILES string of the molecule is CCOC(=O)Cc1c(-c2ccc(Cl)cc2)c(-c2ccccc2)c2n1CC(C)(C)C2. The van der Waals surface area contributed by atoms with Crippen LogP contribution in [0.2, 0.25) is 5.02 Å². The van der Waals surface area contributed by atoms with Crippen LogP contribution in [0.25, 0.3) is 22.3 Å². The van der Waals surface area contributed by atoms with Crippen LogP contribution in [0.15, 0.2) is 54.6 Å². The predicted molar refractivity (Wildman–Crippen MR) is 118 cm³/mol. The van der Waals surface area contributed by atoms with Crippen LogP contribution in [0, 0.1) is 5.41 Å². The third-order valence-corrected chi connectivity index (χ3v) is 5.78. The highest BCUT2D eigenvalue weighted by Gasteiger charge is 2.36. The summed E-state index contributed by atoms with van der Waals surface area (Å²) in [6.07, 6.45) is 1.24. The molecule has 2 aromatic carbocycles. The lowest BCUT2D eigenvalue weighted by Gasteiger charge is -2.19. The summed E-state index contributed by atoms with van der Waals surface area (Å²) in [5.74, 6) is -0.188. The molecule has 4 rings (SSSR count). The van der Waals surface area contributed by atoms with Crippen LogP contribution in [0.4, 0.5) is 0 Å². The standard InChI is InChI=1S/C25H26ClNO2/c1-4-29-22(28)14-20-23(18-10-12-19(26)13-11-18)24(17-8-6-5-7-9-17)21-15-25(2,3)16-27(20)21/h5-13H,4,14-16H2,1-3H3. The van der Waals surface area contributed by atoms with Gasteiger partial charge >= 0.3 is 5.97 Å². The lowest BCUT2D eigenvalue weighted by atomic mass is 9.86. The molecule has 3 nitrogen and oxygen atoms in total. The van der Waals surface area contributed by atoms with Crippen molar-refractivity contribution < 1.29 is 9.53 Å². The highest BCUT2D eigenvalue weighted by atomic mass is 35.5. The number of rotatable bonds is 5. The molecular formula is C25H26ClNO2. The summed E-state index contributed by atoms with van der Waals surface area (Å²) in [5, 5.41) is 0.704. The van der Waals surface area contributed by atoms with Gasteiger partial charge in [0.15, 0.2) is 0 Å². The fourth-order valence-corrected chi connectivity index (χ4v) is 4.54. The molecule has 1 aliphatic heterocycles. The Labute approximate surface area is 177 Å². The number of fused-ring (bicyclic) bond motifs is 1. The van der Waals surface area contributed by atoms with Crippen LogP contribution in [0.3, 0.4) is 0 Å². The quantitative estimate of drug-likeness (QED) is 0.474. The number of nitrogens with zero attached hydrogens (tertiary/aromatic N) is 1. The summed E-state index contributed by atoms with van der Waals surface area (Å²) in [6.45, 7) is 7.69. The zero-order chi connectivity index (χ0) is 20.6. The summed E-state index contributed by atoms with van der Waals surface area (Å²) < 4.78 is 7.66. The summed E-state index contributed by atoms with van der Waals surface area (Å²) >= 11 is 6.15. The number of carbonyl (C=O) groups excluding carboxylic acids is 1. The number of benzene rings is 2. The highest BCUT2D eigenvalue weighted by Crippen LogP contribution is 2.47. The van der Waals surface area contributed by atoms with Crippen molar-refractivity contribution in [3.8, 4) is 22.3 Å². The first kappa shape index (κ1) is 19.8. The van der Waals surface area contributed by atoms with Crippen molar-refractivity contribution in [1.82, 2.24) is 4.57 Å². The van der Waals surface area contributed by atoms with Crippen molar-refractivity contribution in [3.63, 3.8) is 0 Å². The van der Waals surface area contributed by atoms with Gasteiger partial charge in [0.25, 0.3) is 0 Å². The fourth-order valence-electron chi connectivity index (χ4n) is 4.41. The molecule has 0 amide bonds. The highest BCUT2D eigenvalue weighted by molar-refractivity contribution is 6.30. The first-order chi connectivity index (χ1) is 13.9. The molecule has 150 valence electrons. The van der Waals surface area contributed by atoms with Crippen LogP contribution in [-0.4, -0.2) is 17.1 Å². The average molecular weight is 408 g/mol. The van der Waals surface area contributed by atoms with Gasteiger partial charge in [-0.1, -0.05) is 67.9 Å². The lowest BCUT2D eigenvalue weighted by molar-refractivity contribution is -0.142. The van der Waals surface area contributed by atoms with E-state index in [1.807, 2.05) is 37.3 Å². The van der Waals surface area contributed by atoms with Gasteiger partial charge in [0, 0.05) is 34.1 Å². The molecule has 0 atom stereocenters. The van der Waals surface area contributed by atoms with E-state index in [-0.39, 0.29) is 17.8 Å². The van der Waals surface area contributed by atoms with Gasteiger partial charge in [0.1, 0.15) is 0 Å². The van der Waals surface area contributed by atoms with E-state index in [1.165, 1.54) is 16.8 Å². The second kappa shape index (κ2) is 7.72. The number of halogens is 1. The molecule has 1 aliphatic rings. The number of carbonyl (C=O) groups is 1. The summed E-state index contributed by atoms with van der Waals surface area (Å²) in [5.41, 5.74) is 7.07. The van der Waals surface area contributed by atoms with Crippen molar-refractivity contribution in [2.24, 2.45) is 5.41 Å². The second-order valence-electron chi connectivity index (χ2n) is 8.43. The molecule has 2 heterocycles. The van der Waals surface area contributed by atoms with E-state index in [4.69, 9.17) is 16.3 Å². The van der Waals surface area contributed by atoms with Gasteiger partial charge in [-0.05, 0) is 42.0 Å². The minimum atomic E-state index is -0.188. The topological polar surface area (TPSA) is 31.2 Å². The van der Waals surface area contributed by atoms with E-state index < -0.39 is 0 Å². The number of hydrogen-bond acceptors (Lipinski definition) is 2. The Hall–Kier alpha value is -2.52. The third kappa shape index (κ3) is 3.84. The summed E-state index contributed by atoms with van der Waals surface area (Å²) in [4.78, 5) is 12.5. The normalized spacial score (nSPS) is 14.6. The van der Waals surface area contributed by atoms with E-state index in [9.17, 15) is 4.79 Å². The van der Waals surface area contributed by atoms with Crippen molar-refractivity contribution >= 4 is 17.6 Å². The smallest absolute Gasteiger partial charge is 0.311 e. The lowest BCUT2D eigenvalue weighted by Crippen LogP contribution is -2.16. The zero-order valence-electron chi connectivity index (χ0n) is 17.2. The third-order valence-electron chi connectivity index (χ3n) is 5.52. The number of esters is 1. The number of ether oxygens (including phenoxy) is 1. The van der Waals surface area contributed by atoms with Crippen LogP contribution in [-0.2, 0) is 28.9 Å². The van der Waals surface area contributed by atoms with Crippen LogP contribution in [0.5, 0.6) is 0 Å². The summed E-state index contributed by atoms with van der Waals surface area (Å²) in [7, 11) is 0. The van der Waals surface area contributed by atoms with Gasteiger partial charge in [-0.3, -0.25) is 4.79 Å². The maximum absolute atomic E-state index is 12.5. The van der Waals surface area contributed by atoms with E-state index in [0.29, 0.717) is 11.6 Å². The van der Waals surface area contributed by atoms with Gasteiger partial charge in [-0.2, -0.15) is 0 Å². The van der Waals surface area contributed by atoms with Crippen molar-refractivity contribution in [1.29, 1.82) is 0 Å². The molecule has 4 heteroatoms. The zero-order valence-corrected chi connectivity index (χ0v) is 17.9. The minimum absolute atomic E-state index is 0.154. The largest absolute Gasteiger partial charge is 0.466 e. The van der Waals surface area contributed by atoms with E-state index >= 15 is 0 Å². The monoisotopic (exact) mass is 407 g/mol. The van der Waals surface area contributed by atoms with Gasteiger partial charge in [0.05, 0.1) is 13.0 Å². The Bertz CT molecular complexity index is 1030. The fraction of sp³-hybridized carbons (Fsp3) is 0.320. The Balaban J connectivity index is 1.98. The molecule has 0 fully saturated rings. The predicted octanol–water partition coefficient (Wildman–Crippen LogP) is 6.16. The van der Waals surface area contributed by atoms with Crippen molar-refractivity contribution in [2.45, 2.75) is 40.2 Å². The molecule has 1 aromatic heterocycles. The molecule has 0 bridgehead atoms. The van der Waals surface area contributed by atoms with Gasteiger partial charge in [0.2, 0.25) is 0 Å². The van der Waals surface area contributed by atoms with Crippen molar-refractivity contribution in [2.75, 3.05) is 6.61 Å². The maximum atomic E-state index is 12.5. The first-order valence-electron chi connectivity index (χ1n) is 10.1. The minimum Gasteiger partial charge on any atom is -0.466 e. The molecule has 0 saturated heterocycles. The molecule has 0 N–H and O–H groups in total. The van der Waals surface area contributed by atoms with Crippen molar-refractivity contribution in [3.05, 3.63) is 71.0 Å². The van der Waals surface area contributed by atoms with E-state index in [2.05, 4.69) is 42.7 Å². The van der Waals surface area contributed by atoms with E-state index in [0.717, 1.165) is 29.8 Å². The molecule has 0 unspecified atom stereocenters. The summed E-state index contributed by atoms with van der Waals surface area (Å²) in [6, 6.07) is 18.4. The molecule has 29 heavy (non-hydrogen) atoms. The maximum Gasteiger partial charge on any atom is 0.311 e. The van der Waals surface area contributed by atoms with E-state index in [1.54, 1.807) is 0 Å². The van der Waals surface area contributed by atoms with Gasteiger partial charge in [-0.25, -0.2) is 0 Å². The Morgan fingerprint density at radius 3 is 2.34 bits per heavy atom. The van der Waals surface area contributed by atoms with Gasteiger partial charge < -0.3 is 9.30 Å². The molecular weight excluding hydrogens is 382 g/mol. The molecule has 0 saturated carbocycles. The number of aromatic nitrogens is 1. The first-order valence-corrected chi connectivity index (χ1v) is 10.5. The Morgan fingerprint density at radius 2 is 1.69 bits per heavy atom. The molecule has 0 radical (unpaired) electrons. The average Bonchev–Trinajstić information content (AvgIpc) is 3.14. The van der Waals surface area contributed by atoms with Gasteiger partial charge in [-0.15, -0.1) is 0 Å². The Kier molecular flexibility index (Phi) is 5.26. The molecule has 0 aliphatic carbocycles. The van der Waals surface area contributed by atoms with Crippen LogP contribution < -0.4 is 0 Å².